The molecule has 106 valence electrons. The van der Waals surface area contributed by atoms with Crippen LogP contribution < -0.4 is 5.56 Å². The fraction of sp³-hybridized carbons (Fsp3) is 0.385. The van der Waals surface area contributed by atoms with Gasteiger partial charge >= 0.3 is 0 Å². The van der Waals surface area contributed by atoms with Gasteiger partial charge < -0.3 is 0 Å². The minimum absolute atomic E-state index is 0.0357. The van der Waals surface area contributed by atoms with Gasteiger partial charge in [0.25, 0.3) is 5.56 Å². The van der Waals surface area contributed by atoms with Crippen molar-refractivity contribution < 1.29 is 0 Å². The fourth-order valence-electron chi connectivity index (χ4n) is 2.05. The van der Waals surface area contributed by atoms with Crippen molar-refractivity contribution >= 4 is 34.5 Å². The quantitative estimate of drug-likeness (QED) is 0.845. The maximum atomic E-state index is 12.0. The van der Waals surface area contributed by atoms with Crippen molar-refractivity contribution in [3.05, 3.63) is 49.0 Å². The average Bonchev–Trinajstić information content (AvgIpc) is 3.16. The number of halogens is 2. The predicted molar refractivity (Wildman–Crippen MR) is 81.4 cm³/mol. The summed E-state index contributed by atoms with van der Waals surface area (Å²) in [5.41, 5.74) is -0.337. The lowest BCUT2D eigenvalue weighted by Crippen LogP contribution is -2.35. The maximum absolute atomic E-state index is 12.0. The van der Waals surface area contributed by atoms with Crippen molar-refractivity contribution in [3.8, 4) is 0 Å². The minimum Gasteiger partial charge on any atom is -0.276 e. The van der Waals surface area contributed by atoms with Crippen LogP contribution in [0.15, 0.2) is 28.5 Å². The zero-order valence-electron chi connectivity index (χ0n) is 10.6. The number of aromatic nitrogens is 2. The van der Waals surface area contributed by atoms with E-state index < -0.39 is 0 Å². The number of rotatable bonds is 5. The summed E-state index contributed by atoms with van der Waals surface area (Å²) in [5, 5.41) is 6.36. The van der Waals surface area contributed by atoms with Crippen molar-refractivity contribution in [2.75, 3.05) is 0 Å². The van der Waals surface area contributed by atoms with E-state index in [4.69, 9.17) is 23.2 Å². The van der Waals surface area contributed by atoms with Crippen LogP contribution in [-0.4, -0.2) is 20.7 Å². The highest BCUT2D eigenvalue weighted by Gasteiger charge is 2.29. The number of nitrogens with zero attached hydrogens (tertiary/aromatic N) is 3. The first-order valence-corrected chi connectivity index (χ1v) is 7.96. The van der Waals surface area contributed by atoms with E-state index in [0.29, 0.717) is 12.7 Å². The molecule has 0 atom stereocenters. The van der Waals surface area contributed by atoms with Gasteiger partial charge in [-0.05, 0) is 24.3 Å². The molecule has 0 aliphatic heterocycles. The molecule has 4 nitrogen and oxygen atoms in total. The Hall–Kier alpha value is -0.880. The molecule has 0 N–H and O–H groups in total. The van der Waals surface area contributed by atoms with Gasteiger partial charge in [0.1, 0.15) is 5.02 Å². The Morgan fingerprint density at radius 1 is 1.45 bits per heavy atom. The Bertz CT molecular complexity index is 652. The van der Waals surface area contributed by atoms with Crippen LogP contribution in [-0.2, 0) is 13.2 Å². The van der Waals surface area contributed by atoms with Gasteiger partial charge in [-0.2, -0.15) is 5.10 Å². The highest BCUT2D eigenvalue weighted by molar-refractivity contribution is 7.09. The van der Waals surface area contributed by atoms with Crippen LogP contribution >= 0.6 is 34.5 Å². The molecule has 1 aliphatic rings. The molecule has 2 aromatic heterocycles. The molecule has 0 unspecified atom stereocenters. The van der Waals surface area contributed by atoms with Crippen LogP contribution in [0.1, 0.15) is 17.7 Å². The highest BCUT2D eigenvalue weighted by Crippen LogP contribution is 2.29. The van der Waals surface area contributed by atoms with Crippen LogP contribution in [0.5, 0.6) is 0 Å². The van der Waals surface area contributed by atoms with Gasteiger partial charge in [-0.3, -0.25) is 9.69 Å². The smallest absolute Gasteiger partial charge is 0.276 e. The van der Waals surface area contributed by atoms with E-state index in [0.717, 1.165) is 6.54 Å². The summed E-state index contributed by atoms with van der Waals surface area (Å²) in [6.07, 6.45) is 3.75. The van der Waals surface area contributed by atoms with Crippen molar-refractivity contribution in [2.45, 2.75) is 32.1 Å². The van der Waals surface area contributed by atoms with Gasteiger partial charge in [-0.1, -0.05) is 29.3 Å². The van der Waals surface area contributed by atoms with Gasteiger partial charge in [0.05, 0.1) is 17.9 Å². The highest BCUT2D eigenvalue weighted by atomic mass is 35.5. The van der Waals surface area contributed by atoms with E-state index in [1.807, 2.05) is 6.07 Å². The molecule has 0 spiro atoms. The van der Waals surface area contributed by atoms with Crippen LogP contribution in [0.2, 0.25) is 10.0 Å². The van der Waals surface area contributed by atoms with Crippen LogP contribution in [0.3, 0.4) is 0 Å². The molecule has 1 saturated carbocycles. The molecular formula is C13H13Cl2N3OS. The first-order chi connectivity index (χ1) is 9.65. The van der Waals surface area contributed by atoms with Gasteiger partial charge in [0.2, 0.25) is 0 Å². The molecule has 0 bridgehead atoms. The van der Waals surface area contributed by atoms with Crippen molar-refractivity contribution in [3.63, 3.8) is 0 Å². The average molecular weight is 330 g/mol. The summed E-state index contributed by atoms with van der Waals surface area (Å²) in [7, 11) is 0. The van der Waals surface area contributed by atoms with E-state index in [1.165, 1.54) is 28.6 Å². The Morgan fingerprint density at radius 2 is 2.25 bits per heavy atom. The first kappa shape index (κ1) is 14.1. The fourth-order valence-corrected chi connectivity index (χ4v) is 3.05. The molecule has 1 fully saturated rings. The lowest BCUT2D eigenvalue weighted by Gasteiger charge is -2.21. The van der Waals surface area contributed by atoms with Crippen LogP contribution in [0, 0.1) is 0 Å². The summed E-state index contributed by atoms with van der Waals surface area (Å²) in [4.78, 5) is 15.6. The third-order valence-electron chi connectivity index (χ3n) is 3.26. The SMILES string of the molecule is O=c1c(Cl)c(Cl)cnn1CN(Cc1cccs1)C1CC1. The number of thiophene rings is 1. The predicted octanol–water partition coefficient (Wildman–Crippen LogP) is 3.23. The second-order valence-electron chi connectivity index (χ2n) is 4.81. The Labute approximate surface area is 130 Å². The van der Waals surface area contributed by atoms with E-state index in [2.05, 4.69) is 21.4 Å². The Kier molecular flexibility index (Phi) is 4.12. The number of hydrogen-bond acceptors (Lipinski definition) is 4. The Morgan fingerprint density at radius 3 is 2.90 bits per heavy atom. The van der Waals surface area contributed by atoms with Crippen LogP contribution in [0.4, 0.5) is 0 Å². The summed E-state index contributed by atoms with van der Waals surface area (Å²) in [6.45, 7) is 1.27. The number of hydrogen-bond donors (Lipinski definition) is 0. The summed E-state index contributed by atoms with van der Waals surface area (Å²) >= 11 is 13.4. The summed E-state index contributed by atoms with van der Waals surface area (Å²) in [6, 6.07) is 4.67. The third kappa shape index (κ3) is 3.06. The molecule has 2 aromatic rings. The lowest BCUT2D eigenvalue weighted by molar-refractivity contribution is 0.185. The molecule has 0 aromatic carbocycles. The third-order valence-corrected chi connectivity index (χ3v) is 4.87. The lowest BCUT2D eigenvalue weighted by atomic mass is 10.4. The molecule has 1 aliphatic carbocycles. The molecular weight excluding hydrogens is 317 g/mol. The van der Waals surface area contributed by atoms with Gasteiger partial charge in [-0.25, -0.2) is 4.68 Å². The zero-order chi connectivity index (χ0) is 14.1. The van der Waals surface area contributed by atoms with Crippen molar-refractivity contribution in [1.82, 2.24) is 14.7 Å². The molecule has 0 saturated heterocycles. The van der Waals surface area contributed by atoms with Gasteiger partial charge in [-0.15, -0.1) is 11.3 Å². The van der Waals surface area contributed by atoms with Gasteiger partial charge in [0, 0.05) is 17.5 Å². The molecule has 3 rings (SSSR count). The largest absolute Gasteiger partial charge is 0.288 e. The second kappa shape index (κ2) is 5.85. The van der Waals surface area contributed by atoms with E-state index in [9.17, 15) is 4.79 Å². The topological polar surface area (TPSA) is 38.1 Å². The second-order valence-corrected chi connectivity index (χ2v) is 6.63. The molecule has 0 amide bonds. The van der Waals surface area contributed by atoms with Gasteiger partial charge in [0.15, 0.2) is 0 Å². The zero-order valence-corrected chi connectivity index (χ0v) is 13.0. The Balaban J connectivity index is 1.80. The van der Waals surface area contributed by atoms with Crippen molar-refractivity contribution in [2.24, 2.45) is 0 Å². The summed E-state index contributed by atoms with van der Waals surface area (Å²) < 4.78 is 1.38. The molecule has 20 heavy (non-hydrogen) atoms. The standard InChI is InChI=1S/C13H13Cl2N3OS/c14-11-6-16-18(13(19)12(11)15)8-17(9-3-4-9)7-10-2-1-5-20-10/h1-2,5-6,9H,3-4,7-8H2. The summed E-state index contributed by atoms with van der Waals surface area (Å²) in [5.74, 6) is 0. The van der Waals surface area contributed by atoms with E-state index in [-0.39, 0.29) is 15.6 Å². The molecule has 0 radical (unpaired) electrons. The van der Waals surface area contributed by atoms with Crippen molar-refractivity contribution in [1.29, 1.82) is 0 Å². The first-order valence-electron chi connectivity index (χ1n) is 6.32. The monoisotopic (exact) mass is 329 g/mol. The maximum Gasteiger partial charge on any atom is 0.288 e. The minimum atomic E-state index is -0.337. The molecule has 2 heterocycles. The van der Waals surface area contributed by atoms with Crippen LogP contribution in [0.25, 0.3) is 0 Å². The molecule has 7 heteroatoms. The van der Waals surface area contributed by atoms with E-state index in [1.54, 1.807) is 11.3 Å². The normalized spacial score (nSPS) is 14.9. The van der Waals surface area contributed by atoms with E-state index >= 15 is 0 Å².